The molecule has 0 aliphatic heterocycles. The van der Waals surface area contributed by atoms with E-state index in [-0.39, 0.29) is 6.61 Å². The maximum Gasteiger partial charge on any atom is 0.397 e. The Labute approximate surface area is 113 Å². The smallest absolute Gasteiger partial charge is 0.397 e. The number of rotatable bonds is 3. The number of aromatic nitrogens is 1. The van der Waals surface area contributed by atoms with E-state index in [0.29, 0.717) is 16.4 Å². The number of para-hydroxylation sites is 1. The monoisotopic (exact) mass is 280 g/mol. The van der Waals surface area contributed by atoms with Crippen LogP contribution < -0.4 is 10.1 Å². The summed E-state index contributed by atoms with van der Waals surface area (Å²) in [6.45, 7) is 1.79. The Bertz CT molecular complexity index is 623. The molecular formula is C12H12N2O4S. The van der Waals surface area contributed by atoms with Crippen LogP contribution in [0.5, 0.6) is 5.75 Å². The Kier molecular flexibility index (Phi) is 3.96. The molecule has 1 aromatic heterocycles. The van der Waals surface area contributed by atoms with E-state index in [9.17, 15) is 9.59 Å². The second-order valence-corrected chi connectivity index (χ2v) is 4.53. The lowest BCUT2D eigenvalue weighted by atomic mass is 10.3. The van der Waals surface area contributed by atoms with Crippen molar-refractivity contribution >= 4 is 38.6 Å². The molecule has 1 N–H and O–H groups in total. The van der Waals surface area contributed by atoms with Gasteiger partial charge in [-0.25, -0.2) is 9.78 Å². The molecule has 6 nitrogen and oxygen atoms in total. The molecule has 1 heterocycles. The summed E-state index contributed by atoms with van der Waals surface area (Å²) < 4.78 is 10.6. The predicted molar refractivity (Wildman–Crippen MR) is 71.4 cm³/mol. The minimum atomic E-state index is -0.922. The van der Waals surface area contributed by atoms with Gasteiger partial charge in [-0.05, 0) is 19.1 Å². The average Bonchev–Trinajstić information content (AvgIpc) is 2.80. The zero-order valence-electron chi connectivity index (χ0n) is 10.4. The van der Waals surface area contributed by atoms with E-state index in [1.54, 1.807) is 20.1 Å². The Hall–Kier alpha value is -2.15. The number of hydrogen-bond donors (Lipinski definition) is 1. The molecule has 0 atom stereocenters. The van der Waals surface area contributed by atoms with Crippen molar-refractivity contribution in [2.75, 3.05) is 19.0 Å². The zero-order valence-corrected chi connectivity index (χ0v) is 11.2. The lowest BCUT2D eigenvalue weighted by Gasteiger charge is -2.00. The van der Waals surface area contributed by atoms with Crippen LogP contribution in [-0.2, 0) is 14.3 Å². The molecule has 100 valence electrons. The van der Waals surface area contributed by atoms with Gasteiger partial charge >= 0.3 is 11.9 Å². The van der Waals surface area contributed by atoms with E-state index >= 15 is 0 Å². The maximum atomic E-state index is 11.5. The van der Waals surface area contributed by atoms with Gasteiger partial charge in [-0.3, -0.25) is 10.1 Å². The van der Waals surface area contributed by atoms with Crippen LogP contribution in [0, 0.1) is 0 Å². The molecule has 0 saturated heterocycles. The van der Waals surface area contributed by atoms with Crippen molar-refractivity contribution in [2.45, 2.75) is 6.92 Å². The van der Waals surface area contributed by atoms with Crippen LogP contribution in [0.3, 0.4) is 0 Å². The summed E-state index contributed by atoms with van der Waals surface area (Å²) in [5.74, 6) is -1.14. The number of anilines is 1. The first-order chi connectivity index (χ1) is 9.15. The summed E-state index contributed by atoms with van der Waals surface area (Å²) in [6, 6.07) is 5.46. The summed E-state index contributed by atoms with van der Waals surface area (Å²) in [4.78, 5) is 26.9. The van der Waals surface area contributed by atoms with E-state index in [2.05, 4.69) is 15.0 Å². The average molecular weight is 280 g/mol. The molecule has 19 heavy (non-hydrogen) atoms. The van der Waals surface area contributed by atoms with Crippen LogP contribution in [0.15, 0.2) is 18.2 Å². The van der Waals surface area contributed by atoms with E-state index in [1.807, 2.05) is 12.1 Å². The number of amides is 1. The van der Waals surface area contributed by atoms with Gasteiger partial charge in [-0.15, -0.1) is 0 Å². The molecule has 1 amide bonds. The van der Waals surface area contributed by atoms with Gasteiger partial charge in [0.25, 0.3) is 0 Å². The van der Waals surface area contributed by atoms with Crippen molar-refractivity contribution in [1.29, 1.82) is 0 Å². The van der Waals surface area contributed by atoms with Crippen molar-refractivity contribution in [3.63, 3.8) is 0 Å². The van der Waals surface area contributed by atoms with Crippen LogP contribution in [-0.4, -0.2) is 30.6 Å². The highest BCUT2D eigenvalue weighted by atomic mass is 32.1. The minimum absolute atomic E-state index is 0.153. The molecule has 7 heteroatoms. The SMILES string of the molecule is CCOC(=O)C(=O)Nc1nc2c(OC)cccc2s1. The van der Waals surface area contributed by atoms with E-state index in [0.717, 1.165) is 4.70 Å². The van der Waals surface area contributed by atoms with Crippen LogP contribution in [0.4, 0.5) is 5.13 Å². The number of hydrogen-bond acceptors (Lipinski definition) is 6. The quantitative estimate of drug-likeness (QED) is 0.685. The van der Waals surface area contributed by atoms with Gasteiger partial charge in [-0.2, -0.15) is 0 Å². The summed E-state index contributed by atoms with van der Waals surface area (Å²) >= 11 is 1.26. The summed E-state index contributed by atoms with van der Waals surface area (Å²) in [5, 5.41) is 2.74. The van der Waals surface area contributed by atoms with Gasteiger partial charge in [0.15, 0.2) is 5.13 Å². The maximum absolute atomic E-state index is 11.5. The molecule has 0 radical (unpaired) electrons. The number of fused-ring (bicyclic) bond motifs is 1. The fourth-order valence-electron chi connectivity index (χ4n) is 1.49. The number of carbonyl (C=O) groups excluding carboxylic acids is 2. The number of methoxy groups -OCH3 is 1. The third kappa shape index (κ3) is 2.82. The van der Waals surface area contributed by atoms with Gasteiger partial charge in [0, 0.05) is 0 Å². The first-order valence-electron chi connectivity index (χ1n) is 5.57. The Balaban J connectivity index is 2.22. The van der Waals surface area contributed by atoms with Crippen LogP contribution in [0.1, 0.15) is 6.92 Å². The lowest BCUT2D eigenvalue weighted by molar-refractivity contribution is -0.152. The van der Waals surface area contributed by atoms with E-state index in [4.69, 9.17) is 4.74 Å². The first kappa shape index (κ1) is 13.3. The molecule has 1 aromatic carbocycles. The second-order valence-electron chi connectivity index (χ2n) is 3.50. The molecule has 0 saturated carbocycles. The molecule has 0 bridgehead atoms. The fraction of sp³-hybridized carbons (Fsp3) is 0.250. The van der Waals surface area contributed by atoms with E-state index < -0.39 is 11.9 Å². The topological polar surface area (TPSA) is 77.5 Å². The normalized spacial score (nSPS) is 10.2. The second kappa shape index (κ2) is 5.66. The fourth-order valence-corrected chi connectivity index (χ4v) is 2.36. The van der Waals surface area contributed by atoms with Gasteiger partial charge < -0.3 is 9.47 Å². The molecular weight excluding hydrogens is 268 g/mol. The zero-order chi connectivity index (χ0) is 13.8. The minimum Gasteiger partial charge on any atom is -0.494 e. The van der Waals surface area contributed by atoms with Gasteiger partial charge in [0.2, 0.25) is 0 Å². The first-order valence-corrected chi connectivity index (χ1v) is 6.39. The lowest BCUT2D eigenvalue weighted by Crippen LogP contribution is -2.24. The van der Waals surface area contributed by atoms with Crippen molar-refractivity contribution in [1.82, 2.24) is 4.98 Å². The third-order valence-corrected chi connectivity index (χ3v) is 3.22. The molecule has 2 rings (SSSR count). The van der Waals surface area contributed by atoms with Gasteiger partial charge in [0.1, 0.15) is 11.3 Å². The molecule has 0 aliphatic carbocycles. The summed E-state index contributed by atoms with van der Waals surface area (Å²) in [6.07, 6.45) is 0. The highest BCUT2D eigenvalue weighted by Gasteiger charge is 2.17. The van der Waals surface area contributed by atoms with Gasteiger partial charge in [-0.1, -0.05) is 17.4 Å². The van der Waals surface area contributed by atoms with Crippen molar-refractivity contribution in [3.8, 4) is 5.75 Å². The highest BCUT2D eigenvalue weighted by Crippen LogP contribution is 2.31. The van der Waals surface area contributed by atoms with Crippen LogP contribution in [0.2, 0.25) is 0 Å². The van der Waals surface area contributed by atoms with Crippen LogP contribution >= 0.6 is 11.3 Å². The van der Waals surface area contributed by atoms with Crippen molar-refractivity contribution in [2.24, 2.45) is 0 Å². The van der Waals surface area contributed by atoms with Crippen LogP contribution in [0.25, 0.3) is 10.2 Å². The molecule has 0 unspecified atom stereocenters. The number of ether oxygens (including phenoxy) is 2. The number of carbonyl (C=O) groups is 2. The predicted octanol–water partition coefficient (Wildman–Crippen LogP) is 1.81. The highest BCUT2D eigenvalue weighted by molar-refractivity contribution is 7.22. The summed E-state index contributed by atoms with van der Waals surface area (Å²) in [5.41, 5.74) is 0.647. The number of nitrogens with zero attached hydrogens (tertiary/aromatic N) is 1. The molecule has 0 spiro atoms. The number of thiazole rings is 1. The molecule has 2 aromatic rings. The van der Waals surface area contributed by atoms with Crippen molar-refractivity contribution in [3.05, 3.63) is 18.2 Å². The Morgan fingerprint density at radius 3 is 2.89 bits per heavy atom. The van der Waals surface area contributed by atoms with Crippen molar-refractivity contribution < 1.29 is 19.1 Å². The summed E-state index contributed by atoms with van der Waals surface area (Å²) in [7, 11) is 1.55. The third-order valence-electron chi connectivity index (χ3n) is 2.28. The Morgan fingerprint density at radius 1 is 1.42 bits per heavy atom. The standard InChI is InChI=1S/C12H12N2O4S/c1-3-18-11(16)10(15)14-12-13-9-7(17-2)5-4-6-8(9)19-12/h4-6H,3H2,1-2H3,(H,13,14,15). The number of benzene rings is 1. The number of esters is 1. The molecule has 0 aliphatic rings. The molecule has 0 fully saturated rings. The largest absolute Gasteiger partial charge is 0.494 e. The van der Waals surface area contributed by atoms with E-state index in [1.165, 1.54) is 11.3 Å². The Morgan fingerprint density at radius 2 is 2.21 bits per heavy atom. The number of nitrogens with one attached hydrogen (secondary N) is 1. The van der Waals surface area contributed by atoms with Gasteiger partial charge in [0.05, 0.1) is 18.4 Å².